The molecule has 10 aromatic rings. The first-order chi connectivity index (χ1) is 29.4. The molecule has 2 heteroatoms. The molecule has 9 aromatic carbocycles. The summed E-state index contributed by atoms with van der Waals surface area (Å²) in [5.74, 6) is 0. The highest BCUT2D eigenvalue weighted by Gasteiger charge is 2.46. The zero-order valence-electron chi connectivity index (χ0n) is 34.8. The predicted octanol–water partition coefficient (Wildman–Crippen LogP) is 13.8. The fraction of sp³-hybridized carbons (Fsp3) is 0.0189. The molecule has 0 N–H and O–H groups in total. The quantitative estimate of drug-likeness (QED) is 0.167. The molecule has 1 heterocycles. The average molecular weight is 706 g/mol. The summed E-state index contributed by atoms with van der Waals surface area (Å²) in [4.78, 5) is 2.28. The maximum Gasteiger partial charge on any atom is 0.0713 e. The van der Waals surface area contributed by atoms with Gasteiger partial charge in [-0.15, -0.1) is 0 Å². The minimum absolute atomic E-state index is 0.221. The van der Waals surface area contributed by atoms with Crippen LogP contribution in [0.25, 0.3) is 49.4 Å². The third-order valence-electron chi connectivity index (χ3n) is 11.3. The second-order valence-electron chi connectivity index (χ2n) is 14.1. The Kier molecular flexibility index (Phi) is 6.03. The van der Waals surface area contributed by atoms with Crippen molar-refractivity contribution < 1.29 is 6.85 Å². The second-order valence-corrected chi connectivity index (χ2v) is 14.1. The van der Waals surface area contributed by atoms with Gasteiger partial charge in [-0.25, -0.2) is 0 Å². The monoisotopic (exact) mass is 705 g/mol. The van der Waals surface area contributed by atoms with Crippen LogP contribution in [0.3, 0.4) is 0 Å². The maximum absolute atomic E-state index is 9.60. The van der Waals surface area contributed by atoms with Crippen LogP contribution >= 0.6 is 0 Å². The SMILES string of the molecule is [2H]c1c([2H])c([2H])c(C2(c3ccc4c(c3)c3ccccc3n4-c3ccccc3)c3ccccc3-c3cc(N(c4ccccc4)c4cccc5ccccc45)ccc32)c([2H])c1[2H]. The summed E-state index contributed by atoms with van der Waals surface area (Å²) in [5.41, 5.74) is 9.42. The van der Waals surface area contributed by atoms with E-state index in [4.69, 9.17) is 4.11 Å². The summed E-state index contributed by atoms with van der Waals surface area (Å²) in [6.45, 7) is 0. The van der Waals surface area contributed by atoms with Crippen LogP contribution in [0.5, 0.6) is 0 Å². The van der Waals surface area contributed by atoms with Crippen LogP contribution in [0.4, 0.5) is 17.1 Å². The molecule has 0 radical (unpaired) electrons. The van der Waals surface area contributed by atoms with Crippen molar-refractivity contribution in [3.05, 3.63) is 241 Å². The lowest BCUT2D eigenvalue weighted by Gasteiger charge is -2.34. The first kappa shape index (κ1) is 26.6. The van der Waals surface area contributed by atoms with Gasteiger partial charge < -0.3 is 9.47 Å². The number of hydrogen-bond acceptors (Lipinski definition) is 1. The number of aromatic nitrogens is 1. The van der Waals surface area contributed by atoms with Gasteiger partial charge in [0.2, 0.25) is 0 Å². The number of fused-ring (bicyclic) bond motifs is 7. The number of nitrogens with zero attached hydrogens (tertiary/aromatic N) is 2. The number of benzene rings is 9. The summed E-state index contributed by atoms with van der Waals surface area (Å²) in [7, 11) is 0. The van der Waals surface area contributed by atoms with Gasteiger partial charge in [-0.2, -0.15) is 0 Å². The van der Waals surface area contributed by atoms with Crippen LogP contribution < -0.4 is 4.90 Å². The van der Waals surface area contributed by atoms with Gasteiger partial charge in [0.25, 0.3) is 0 Å². The molecule has 0 spiro atoms. The highest BCUT2D eigenvalue weighted by atomic mass is 15.1. The molecule has 0 saturated heterocycles. The van der Waals surface area contributed by atoms with Gasteiger partial charge >= 0.3 is 0 Å². The largest absolute Gasteiger partial charge is 0.310 e. The first-order valence-corrected chi connectivity index (χ1v) is 18.6. The van der Waals surface area contributed by atoms with E-state index >= 15 is 0 Å². The summed E-state index contributed by atoms with van der Waals surface area (Å²) >= 11 is 0. The molecule has 1 aliphatic rings. The van der Waals surface area contributed by atoms with Crippen molar-refractivity contribution in [2.24, 2.45) is 0 Å². The average Bonchev–Trinajstić information content (AvgIpc) is 3.79. The third-order valence-corrected chi connectivity index (χ3v) is 11.3. The number of para-hydroxylation sites is 3. The smallest absolute Gasteiger partial charge is 0.0713 e. The van der Waals surface area contributed by atoms with E-state index in [2.05, 4.69) is 137 Å². The number of hydrogen-bond donors (Lipinski definition) is 0. The highest BCUT2D eigenvalue weighted by Crippen LogP contribution is 2.57. The van der Waals surface area contributed by atoms with Crippen molar-refractivity contribution >= 4 is 49.6 Å². The molecule has 55 heavy (non-hydrogen) atoms. The molecule has 1 atom stereocenters. The van der Waals surface area contributed by atoms with Crippen molar-refractivity contribution in [2.75, 3.05) is 4.90 Å². The van der Waals surface area contributed by atoms with Crippen molar-refractivity contribution in [3.8, 4) is 16.8 Å². The summed E-state index contributed by atoms with van der Waals surface area (Å²) in [6, 6.07) is 63.2. The Hall–Kier alpha value is -7.16. The predicted molar refractivity (Wildman–Crippen MR) is 230 cm³/mol. The fourth-order valence-corrected chi connectivity index (χ4v) is 9.04. The zero-order chi connectivity index (χ0) is 40.7. The number of anilines is 3. The Labute approximate surface area is 327 Å². The van der Waals surface area contributed by atoms with Crippen LogP contribution in [0.1, 0.15) is 29.1 Å². The van der Waals surface area contributed by atoms with Crippen molar-refractivity contribution in [1.29, 1.82) is 0 Å². The normalized spacial score (nSPS) is 15.9. The number of rotatable bonds is 6. The van der Waals surface area contributed by atoms with E-state index < -0.39 is 11.5 Å². The molecule has 0 amide bonds. The van der Waals surface area contributed by atoms with Gasteiger partial charge in [0.05, 0.1) is 29.0 Å². The Morgan fingerprint density at radius 1 is 0.436 bits per heavy atom. The molecule has 0 saturated carbocycles. The van der Waals surface area contributed by atoms with Crippen LogP contribution in [-0.2, 0) is 5.41 Å². The topological polar surface area (TPSA) is 8.17 Å². The minimum Gasteiger partial charge on any atom is -0.310 e. The standard InChI is InChI=1S/C53H36N2/c1-4-19-38(20-5-1)53(39-31-34-52-47(35-39)45-27-13-15-29-51(45)55(52)41-23-8-3-9-24-41)48-28-14-12-26-44(48)46-36-42(32-33-49(46)53)54(40-21-6-2-7-22-40)50-30-16-18-37-17-10-11-25-43(37)50/h1-36H/i1D,4D,5D,19D,20D. The molecule has 1 aromatic heterocycles. The van der Waals surface area contributed by atoms with E-state index in [1.165, 1.54) is 0 Å². The van der Waals surface area contributed by atoms with Crippen molar-refractivity contribution in [2.45, 2.75) is 5.41 Å². The van der Waals surface area contributed by atoms with Crippen LogP contribution in [0.15, 0.2) is 218 Å². The van der Waals surface area contributed by atoms with Gasteiger partial charge in [-0.1, -0.05) is 158 Å². The molecule has 2 nitrogen and oxygen atoms in total. The molecular formula is C53H36N2. The molecule has 0 fully saturated rings. The zero-order valence-corrected chi connectivity index (χ0v) is 29.8. The minimum atomic E-state index is -1.28. The summed E-state index contributed by atoms with van der Waals surface area (Å²) in [6.07, 6.45) is 0. The van der Waals surface area contributed by atoms with Crippen molar-refractivity contribution in [3.63, 3.8) is 0 Å². The lowest BCUT2D eigenvalue weighted by Crippen LogP contribution is -2.28. The molecule has 11 rings (SSSR count). The third kappa shape index (κ3) is 4.68. The molecule has 0 bridgehead atoms. The van der Waals surface area contributed by atoms with Crippen LogP contribution in [0.2, 0.25) is 0 Å². The molecular weight excluding hydrogens is 665 g/mol. The molecule has 1 unspecified atom stereocenters. The highest BCUT2D eigenvalue weighted by molar-refractivity contribution is 6.10. The van der Waals surface area contributed by atoms with E-state index in [1.54, 1.807) is 0 Å². The van der Waals surface area contributed by atoms with Crippen molar-refractivity contribution in [1.82, 2.24) is 4.57 Å². The summed E-state index contributed by atoms with van der Waals surface area (Å²) in [5, 5.41) is 4.31. The Morgan fingerprint density at radius 3 is 1.96 bits per heavy atom. The Morgan fingerprint density at radius 2 is 1.11 bits per heavy atom. The van der Waals surface area contributed by atoms with Crippen LogP contribution in [-0.4, -0.2) is 4.57 Å². The van der Waals surface area contributed by atoms with Gasteiger partial charge in [0.1, 0.15) is 0 Å². The molecule has 258 valence electrons. The van der Waals surface area contributed by atoms with E-state index in [-0.39, 0.29) is 29.7 Å². The molecule has 0 aliphatic heterocycles. The lowest BCUT2D eigenvalue weighted by atomic mass is 9.67. The second kappa shape index (κ2) is 12.5. The van der Waals surface area contributed by atoms with Gasteiger partial charge in [-0.05, 0) is 99.4 Å². The molecule has 1 aliphatic carbocycles. The van der Waals surface area contributed by atoms with Gasteiger partial charge in [-0.3, -0.25) is 0 Å². The first-order valence-electron chi connectivity index (χ1n) is 21.1. The lowest BCUT2D eigenvalue weighted by molar-refractivity contribution is 0.770. The Balaban J connectivity index is 1.24. The van der Waals surface area contributed by atoms with Crippen LogP contribution in [0, 0.1) is 0 Å². The van der Waals surface area contributed by atoms with Gasteiger partial charge in [0, 0.05) is 33.2 Å². The van der Waals surface area contributed by atoms with E-state index in [1.807, 2.05) is 60.7 Å². The Bertz CT molecular complexity index is 3310. The van der Waals surface area contributed by atoms with E-state index in [0.717, 1.165) is 83.1 Å². The van der Waals surface area contributed by atoms with E-state index in [9.17, 15) is 2.74 Å². The summed E-state index contributed by atoms with van der Waals surface area (Å²) < 4.78 is 48.1. The van der Waals surface area contributed by atoms with E-state index in [0.29, 0.717) is 0 Å². The van der Waals surface area contributed by atoms with Gasteiger partial charge in [0.15, 0.2) is 0 Å². The fourth-order valence-electron chi connectivity index (χ4n) is 9.04. The maximum atomic E-state index is 9.60.